The maximum Gasteiger partial charge on any atom is 0.257 e. The van der Waals surface area contributed by atoms with E-state index in [1.54, 1.807) is 31.5 Å². The molecule has 144 valence electrons. The SMILES string of the molecule is CCOc1ccc(NC(=O)c2cncc(Nc3cc(C)ccc3OC)c2)cc1. The Morgan fingerprint density at radius 2 is 1.82 bits per heavy atom. The van der Waals surface area contributed by atoms with Crippen molar-refractivity contribution in [3.8, 4) is 11.5 Å². The fourth-order valence-electron chi connectivity index (χ4n) is 2.71. The molecule has 0 fully saturated rings. The maximum absolute atomic E-state index is 12.6. The Morgan fingerprint density at radius 3 is 2.54 bits per heavy atom. The van der Waals surface area contributed by atoms with Gasteiger partial charge in [0, 0.05) is 11.9 Å². The van der Waals surface area contributed by atoms with Gasteiger partial charge in [0.25, 0.3) is 5.91 Å². The van der Waals surface area contributed by atoms with E-state index in [-0.39, 0.29) is 5.91 Å². The Balaban J connectivity index is 1.73. The van der Waals surface area contributed by atoms with Crippen LogP contribution in [-0.2, 0) is 0 Å². The Hall–Kier alpha value is -3.54. The van der Waals surface area contributed by atoms with Crippen LogP contribution in [0.1, 0.15) is 22.8 Å². The highest BCUT2D eigenvalue weighted by Crippen LogP contribution is 2.28. The van der Waals surface area contributed by atoms with Gasteiger partial charge in [-0.05, 0) is 61.9 Å². The largest absolute Gasteiger partial charge is 0.495 e. The van der Waals surface area contributed by atoms with E-state index in [4.69, 9.17) is 9.47 Å². The lowest BCUT2D eigenvalue weighted by atomic mass is 10.2. The highest BCUT2D eigenvalue weighted by Gasteiger charge is 2.10. The third-order valence-electron chi connectivity index (χ3n) is 4.06. The third-order valence-corrected chi connectivity index (χ3v) is 4.06. The second-order valence-electron chi connectivity index (χ2n) is 6.20. The Morgan fingerprint density at radius 1 is 1.04 bits per heavy atom. The van der Waals surface area contributed by atoms with Gasteiger partial charge < -0.3 is 20.1 Å². The zero-order valence-electron chi connectivity index (χ0n) is 16.2. The van der Waals surface area contributed by atoms with Gasteiger partial charge in [0.2, 0.25) is 0 Å². The number of hydrogen-bond donors (Lipinski definition) is 2. The van der Waals surface area contributed by atoms with Gasteiger partial charge in [0.1, 0.15) is 11.5 Å². The van der Waals surface area contributed by atoms with Crippen LogP contribution in [0.2, 0.25) is 0 Å². The summed E-state index contributed by atoms with van der Waals surface area (Å²) in [6.07, 6.45) is 3.19. The standard InChI is InChI=1S/C22H23N3O3/c1-4-28-19-8-6-17(7-9-19)25-22(26)16-12-18(14-23-13-16)24-20-11-15(2)5-10-21(20)27-3/h5-14,24H,4H2,1-3H3,(H,25,26). The number of aryl methyl sites for hydroxylation is 1. The molecule has 0 unspecified atom stereocenters. The number of benzene rings is 2. The van der Waals surface area contributed by atoms with Gasteiger partial charge in [-0.15, -0.1) is 0 Å². The van der Waals surface area contributed by atoms with Crippen molar-refractivity contribution in [2.24, 2.45) is 0 Å². The minimum atomic E-state index is -0.239. The van der Waals surface area contributed by atoms with Crippen LogP contribution < -0.4 is 20.1 Å². The molecule has 0 aliphatic carbocycles. The molecule has 1 heterocycles. The van der Waals surface area contributed by atoms with Crippen molar-refractivity contribution in [3.05, 3.63) is 72.1 Å². The van der Waals surface area contributed by atoms with E-state index < -0.39 is 0 Å². The molecule has 0 radical (unpaired) electrons. The lowest BCUT2D eigenvalue weighted by Gasteiger charge is -2.13. The minimum Gasteiger partial charge on any atom is -0.495 e. The molecule has 3 rings (SSSR count). The van der Waals surface area contributed by atoms with Crippen LogP contribution in [0.15, 0.2) is 60.9 Å². The molecule has 0 saturated heterocycles. The number of nitrogens with zero attached hydrogens (tertiary/aromatic N) is 1. The highest BCUT2D eigenvalue weighted by molar-refractivity contribution is 6.04. The summed E-state index contributed by atoms with van der Waals surface area (Å²) in [7, 11) is 1.62. The van der Waals surface area contributed by atoms with Crippen molar-refractivity contribution in [1.29, 1.82) is 0 Å². The van der Waals surface area contributed by atoms with Gasteiger partial charge in [-0.3, -0.25) is 9.78 Å². The molecule has 6 nitrogen and oxygen atoms in total. The van der Waals surface area contributed by atoms with Crippen molar-refractivity contribution in [2.75, 3.05) is 24.4 Å². The van der Waals surface area contributed by atoms with Crippen LogP contribution in [0.25, 0.3) is 0 Å². The molecule has 0 bridgehead atoms. The second-order valence-corrected chi connectivity index (χ2v) is 6.20. The fraction of sp³-hybridized carbons (Fsp3) is 0.182. The molecular formula is C22H23N3O3. The number of pyridine rings is 1. The van der Waals surface area contributed by atoms with Gasteiger partial charge in [0.15, 0.2) is 0 Å². The molecule has 0 spiro atoms. The number of carbonyl (C=O) groups excluding carboxylic acids is 1. The number of carbonyl (C=O) groups is 1. The lowest BCUT2D eigenvalue weighted by molar-refractivity contribution is 0.102. The highest BCUT2D eigenvalue weighted by atomic mass is 16.5. The Bertz CT molecular complexity index is 955. The van der Waals surface area contributed by atoms with E-state index in [2.05, 4.69) is 15.6 Å². The number of amides is 1. The molecule has 28 heavy (non-hydrogen) atoms. The number of rotatable bonds is 7. The summed E-state index contributed by atoms with van der Waals surface area (Å²) in [5.74, 6) is 1.24. The lowest BCUT2D eigenvalue weighted by Crippen LogP contribution is -2.12. The zero-order valence-corrected chi connectivity index (χ0v) is 16.2. The molecule has 2 N–H and O–H groups in total. The maximum atomic E-state index is 12.6. The molecule has 0 saturated carbocycles. The summed E-state index contributed by atoms with van der Waals surface area (Å²) >= 11 is 0. The summed E-state index contributed by atoms with van der Waals surface area (Å²) in [5, 5.41) is 6.12. The summed E-state index contributed by atoms with van der Waals surface area (Å²) in [4.78, 5) is 16.7. The number of aromatic nitrogens is 1. The first-order valence-electron chi connectivity index (χ1n) is 9.00. The summed E-state index contributed by atoms with van der Waals surface area (Å²) in [6.45, 7) is 4.53. The second kappa shape index (κ2) is 8.90. The van der Waals surface area contributed by atoms with Gasteiger partial charge in [0.05, 0.1) is 36.9 Å². The summed E-state index contributed by atoms with van der Waals surface area (Å²) in [6, 6.07) is 14.8. The number of hydrogen-bond acceptors (Lipinski definition) is 5. The van der Waals surface area contributed by atoms with E-state index in [1.807, 2.05) is 44.2 Å². The average Bonchev–Trinajstić information content (AvgIpc) is 2.70. The molecule has 0 aliphatic rings. The van der Waals surface area contributed by atoms with Crippen LogP contribution in [0.5, 0.6) is 11.5 Å². The molecule has 6 heteroatoms. The number of nitrogens with one attached hydrogen (secondary N) is 2. The number of anilines is 3. The van der Waals surface area contributed by atoms with Gasteiger partial charge in [-0.25, -0.2) is 0 Å². The normalized spacial score (nSPS) is 10.2. The average molecular weight is 377 g/mol. The van der Waals surface area contributed by atoms with Crippen LogP contribution >= 0.6 is 0 Å². The van der Waals surface area contributed by atoms with Crippen molar-refractivity contribution in [2.45, 2.75) is 13.8 Å². The molecular weight excluding hydrogens is 354 g/mol. The fourth-order valence-corrected chi connectivity index (χ4v) is 2.71. The number of ether oxygens (including phenoxy) is 2. The van der Waals surface area contributed by atoms with E-state index >= 15 is 0 Å². The zero-order chi connectivity index (χ0) is 19.9. The van der Waals surface area contributed by atoms with Crippen LogP contribution in [0.3, 0.4) is 0 Å². The molecule has 0 atom stereocenters. The minimum absolute atomic E-state index is 0.239. The van der Waals surface area contributed by atoms with E-state index in [0.29, 0.717) is 23.5 Å². The van der Waals surface area contributed by atoms with E-state index in [9.17, 15) is 4.79 Å². The van der Waals surface area contributed by atoms with E-state index in [1.165, 1.54) is 6.20 Å². The van der Waals surface area contributed by atoms with E-state index in [0.717, 1.165) is 22.7 Å². The summed E-state index contributed by atoms with van der Waals surface area (Å²) < 4.78 is 10.8. The molecule has 1 amide bonds. The van der Waals surface area contributed by atoms with Crippen molar-refractivity contribution in [1.82, 2.24) is 4.98 Å². The van der Waals surface area contributed by atoms with Gasteiger partial charge >= 0.3 is 0 Å². The first-order chi connectivity index (χ1) is 13.6. The molecule has 2 aromatic carbocycles. The van der Waals surface area contributed by atoms with Crippen molar-refractivity contribution < 1.29 is 14.3 Å². The van der Waals surface area contributed by atoms with Crippen LogP contribution in [0.4, 0.5) is 17.1 Å². The molecule has 1 aromatic heterocycles. The monoisotopic (exact) mass is 377 g/mol. The molecule has 0 aliphatic heterocycles. The first-order valence-corrected chi connectivity index (χ1v) is 9.00. The van der Waals surface area contributed by atoms with Crippen LogP contribution in [-0.4, -0.2) is 24.6 Å². The molecule has 3 aromatic rings. The topological polar surface area (TPSA) is 72.5 Å². The van der Waals surface area contributed by atoms with Crippen molar-refractivity contribution >= 4 is 23.0 Å². The Labute approximate surface area is 164 Å². The Kier molecular flexibility index (Phi) is 6.11. The predicted octanol–water partition coefficient (Wildman–Crippen LogP) is 4.79. The quantitative estimate of drug-likeness (QED) is 0.619. The third kappa shape index (κ3) is 4.79. The smallest absolute Gasteiger partial charge is 0.257 e. The van der Waals surface area contributed by atoms with Gasteiger partial charge in [-0.1, -0.05) is 6.07 Å². The summed E-state index contributed by atoms with van der Waals surface area (Å²) in [5.41, 5.74) is 3.75. The van der Waals surface area contributed by atoms with Crippen LogP contribution in [0, 0.1) is 6.92 Å². The first kappa shape index (κ1) is 19.2. The van der Waals surface area contributed by atoms with Gasteiger partial charge in [-0.2, -0.15) is 0 Å². The predicted molar refractivity (Wildman–Crippen MR) is 111 cm³/mol. The van der Waals surface area contributed by atoms with Crippen molar-refractivity contribution in [3.63, 3.8) is 0 Å². The number of methoxy groups -OCH3 is 1.